The molecule has 5 heterocycles. The first kappa shape index (κ1) is 44.6. The predicted octanol–water partition coefficient (Wildman–Crippen LogP) is 3.60. The Morgan fingerprint density at radius 2 is 0.828 bits per heavy atom. The monoisotopic (exact) mass is 995 g/mol. The van der Waals surface area contributed by atoms with Crippen LogP contribution in [0.15, 0.2) is 143 Å². The third kappa shape index (κ3) is 7.74. The molecular weight excluding hydrogens is 974 g/mol. The standard InChI is InChI=1S/C44H23N4O8Si7.Zn/c49-29-5-1-6-30(50-57)41(29)37-21-13-15-23(45-21)38(42-31(51-58)7-2-8-32(42)52-59)25-17-19-27(47-25)40(44-35(55-62)11-4-12-36(44)56-63)28-20-18-26(48-28)39(24-16-14-22(37)46-24)43-33(53-60)9-3-10-34(43)54-61;/h1-20,45,47-48H;/q;+2/b38-25+,39-24+,40-27+,41-37-;. The SMILES string of the molecule is O=C1C=CC=C(O[Si])/C1=C1C2=N/C(=C(/c3c(O[Si])cccc3O[Si])c3ccc([nH]3)/C(c3c(O[Si])cccc3O[Si])=c3/cc/c([nH]3)=C(\c3c(O[Si])cccc3O[Si])c3ccc\1[nH]3)C=C2.[Zn+2]. The number of H-pyrrole nitrogens is 3. The van der Waals surface area contributed by atoms with Gasteiger partial charge in [0.15, 0.2) is 5.78 Å². The Balaban J connectivity index is 0.00000560. The zero-order valence-corrected chi connectivity index (χ0v) is 42.9. The average molecular weight is 998 g/mol. The molecule has 3 aromatic heterocycles. The number of aliphatic imine (C=N–C) groups is 1. The third-order valence-corrected chi connectivity index (χ3v) is 12.1. The number of carbonyl (C=O) groups excluding carboxylic acids is 1. The van der Waals surface area contributed by atoms with E-state index in [1.807, 2.05) is 66.7 Å². The molecule has 3 aromatic carbocycles. The van der Waals surface area contributed by atoms with Crippen molar-refractivity contribution < 1.29 is 55.3 Å². The zero-order chi connectivity index (χ0) is 43.8. The van der Waals surface area contributed by atoms with Crippen LogP contribution in [0.4, 0.5) is 0 Å². The number of rotatable bonds is 10. The average Bonchev–Trinajstić information content (AvgIpc) is 4.17. The van der Waals surface area contributed by atoms with E-state index >= 15 is 0 Å². The molecule has 0 spiro atoms. The summed E-state index contributed by atoms with van der Waals surface area (Å²) in [7, 11) is 22.9. The van der Waals surface area contributed by atoms with Crippen molar-refractivity contribution in [3.05, 3.63) is 189 Å². The van der Waals surface area contributed by atoms with Crippen LogP contribution in [0.2, 0.25) is 0 Å². The van der Waals surface area contributed by atoms with Gasteiger partial charge >= 0.3 is 92.9 Å². The molecule has 0 fully saturated rings. The minimum Gasteiger partial charge on any atom is -0.540 e. The van der Waals surface area contributed by atoms with E-state index in [0.29, 0.717) is 118 Å². The number of hydrogen-bond donors (Lipinski definition) is 3. The normalized spacial score (nSPS) is 18.2. The van der Waals surface area contributed by atoms with Crippen LogP contribution in [0.3, 0.4) is 0 Å². The molecular formula is C44H23N4O8Si7Zn+2. The molecule has 0 saturated carbocycles. The Hall–Kier alpha value is -5.98. The summed E-state index contributed by atoms with van der Waals surface area (Å²) in [6, 6.07) is 27.8. The van der Waals surface area contributed by atoms with Crippen molar-refractivity contribution in [3.63, 3.8) is 0 Å². The molecule has 3 N–H and O–H groups in total. The largest absolute Gasteiger partial charge is 2.00 e. The summed E-state index contributed by atoms with van der Waals surface area (Å²) in [6.45, 7) is 0. The molecule has 21 radical (unpaired) electrons. The number of carbonyl (C=O) groups is 1. The van der Waals surface area contributed by atoms with Gasteiger partial charge in [-0.15, -0.1) is 0 Å². The van der Waals surface area contributed by atoms with Gasteiger partial charge in [-0.1, -0.05) is 24.3 Å². The van der Waals surface area contributed by atoms with Crippen molar-refractivity contribution in [2.24, 2.45) is 4.99 Å². The summed E-state index contributed by atoms with van der Waals surface area (Å²) in [6.07, 6.45) is 8.51. The van der Waals surface area contributed by atoms with Crippen LogP contribution in [0.25, 0.3) is 22.3 Å². The molecule has 0 atom stereocenters. The fourth-order valence-corrected chi connectivity index (χ4v) is 9.15. The molecule has 20 heteroatoms. The first-order chi connectivity index (χ1) is 30.8. The van der Waals surface area contributed by atoms with Crippen molar-refractivity contribution in [1.82, 2.24) is 15.0 Å². The maximum atomic E-state index is 14.0. The first-order valence-corrected chi connectivity index (χ1v) is 21.5. The number of nitrogens with zero attached hydrogens (tertiary/aromatic N) is 1. The molecule has 12 nitrogen and oxygen atoms in total. The van der Waals surface area contributed by atoms with E-state index in [0.717, 1.165) is 0 Å². The van der Waals surface area contributed by atoms with Gasteiger partial charge in [0.25, 0.3) is 0 Å². The first-order valence-electron chi connectivity index (χ1n) is 18.6. The number of aromatic nitrogens is 3. The van der Waals surface area contributed by atoms with Crippen LogP contribution in [0.1, 0.15) is 39.5 Å². The van der Waals surface area contributed by atoms with Crippen LogP contribution in [0.5, 0.6) is 34.5 Å². The van der Waals surface area contributed by atoms with Gasteiger partial charge in [-0.25, -0.2) is 4.99 Å². The van der Waals surface area contributed by atoms with Gasteiger partial charge in [0.2, 0.25) is 0 Å². The number of aromatic amines is 3. The van der Waals surface area contributed by atoms with E-state index in [9.17, 15) is 4.79 Å². The molecule has 6 aromatic rings. The molecule has 1 aliphatic carbocycles. The van der Waals surface area contributed by atoms with Gasteiger partial charge < -0.3 is 45.9 Å². The van der Waals surface area contributed by atoms with Crippen molar-refractivity contribution in [2.45, 2.75) is 0 Å². The summed E-state index contributed by atoms with van der Waals surface area (Å²) < 4.78 is 40.3. The van der Waals surface area contributed by atoms with Gasteiger partial charge in [-0.2, -0.15) is 0 Å². The minimum absolute atomic E-state index is 0. The molecule has 2 aliphatic heterocycles. The molecule has 295 valence electrons. The van der Waals surface area contributed by atoms with Crippen LogP contribution in [0, 0.1) is 0 Å². The number of allylic oxidation sites excluding steroid dienone is 7. The molecule has 64 heavy (non-hydrogen) atoms. The second-order valence-corrected chi connectivity index (χ2v) is 15.2. The van der Waals surface area contributed by atoms with Gasteiger partial charge in [-0.3, -0.25) is 4.79 Å². The van der Waals surface area contributed by atoms with Crippen molar-refractivity contribution in [3.8, 4) is 34.5 Å². The fourth-order valence-electron chi connectivity index (χ4n) is 7.96. The minimum atomic E-state index is -0.297. The van der Waals surface area contributed by atoms with E-state index < -0.39 is 0 Å². The number of fused-ring (bicyclic) bond motifs is 7. The molecule has 3 aliphatic rings. The van der Waals surface area contributed by atoms with Crippen LogP contribution >= 0.6 is 0 Å². The number of nitrogens with one attached hydrogen (secondary N) is 3. The molecule has 0 unspecified atom stereocenters. The van der Waals surface area contributed by atoms with Gasteiger partial charge in [0, 0.05) is 55.8 Å². The maximum absolute atomic E-state index is 14.0. The summed E-state index contributed by atoms with van der Waals surface area (Å²) in [4.78, 5) is 30.3. The summed E-state index contributed by atoms with van der Waals surface area (Å²) >= 11 is 0. The van der Waals surface area contributed by atoms with Crippen LogP contribution < -0.4 is 37.3 Å². The summed E-state index contributed by atoms with van der Waals surface area (Å²) in [5.41, 5.74) is 7.72. The van der Waals surface area contributed by atoms with Crippen LogP contribution in [-0.4, -0.2) is 99.8 Å². The van der Waals surface area contributed by atoms with E-state index in [1.54, 1.807) is 48.6 Å². The van der Waals surface area contributed by atoms with Gasteiger partial charge in [0.1, 0.15) is 40.3 Å². The number of ketones is 1. The van der Waals surface area contributed by atoms with E-state index in [4.69, 9.17) is 36.0 Å². The zero-order valence-electron chi connectivity index (χ0n) is 33.0. The quantitative estimate of drug-likeness (QED) is 0.140. The predicted molar refractivity (Wildman–Crippen MR) is 241 cm³/mol. The summed E-state index contributed by atoms with van der Waals surface area (Å²) in [5.74, 6) is 2.64. The van der Waals surface area contributed by atoms with E-state index in [1.165, 1.54) is 6.08 Å². The second kappa shape index (κ2) is 19.0. The third-order valence-electron chi connectivity index (χ3n) is 10.5. The number of hydrogen-bond acceptors (Lipinski definition) is 9. The Kier molecular flexibility index (Phi) is 13.3. The molecule has 0 saturated heterocycles. The van der Waals surface area contributed by atoms with Gasteiger partial charge in [0.05, 0.1) is 33.7 Å². The Morgan fingerprint density at radius 3 is 1.25 bits per heavy atom. The second-order valence-electron chi connectivity index (χ2n) is 13.8. The maximum Gasteiger partial charge on any atom is 2.00 e. The molecule has 8 bridgehead atoms. The van der Waals surface area contributed by atoms with E-state index in [2.05, 4.69) is 88.4 Å². The molecule has 0 amide bonds. The summed E-state index contributed by atoms with van der Waals surface area (Å²) in [5, 5.41) is 1.30. The fraction of sp³-hybridized carbons (Fsp3) is 0. The Labute approximate surface area is 402 Å². The Bertz CT molecular complexity index is 3120. The molecule has 9 rings (SSSR count). The van der Waals surface area contributed by atoms with Crippen molar-refractivity contribution >= 4 is 107 Å². The van der Waals surface area contributed by atoms with E-state index in [-0.39, 0.29) is 36.6 Å². The topological polar surface area (TPSA) is 141 Å². The van der Waals surface area contributed by atoms with Crippen molar-refractivity contribution in [1.29, 1.82) is 0 Å². The Morgan fingerprint density at radius 1 is 0.422 bits per heavy atom. The number of benzene rings is 3. The van der Waals surface area contributed by atoms with Gasteiger partial charge in [-0.05, 0) is 97.1 Å². The van der Waals surface area contributed by atoms with Crippen molar-refractivity contribution in [2.75, 3.05) is 0 Å². The van der Waals surface area contributed by atoms with Crippen LogP contribution in [-0.2, 0) is 28.7 Å². The smallest absolute Gasteiger partial charge is 0.540 e.